The quantitative estimate of drug-likeness (QED) is 0.416. The number of para-hydroxylation sites is 2. The highest BCUT2D eigenvalue weighted by Gasteiger charge is 2.16. The lowest BCUT2D eigenvalue weighted by atomic mass is 10.1. The third kappa shape index (κ3) is 2.63. The molecule has 5 rings (SSSR count). The lowest BCUT2D eigenvalue weighted by molar-refractivity contribution is 1.00. The van der Waals surface area contributed by atoms with Crippen LogP contribution in [0.25, 0.3) is 22.3 Å². The van der Waals surface area contributed by atoms with Crippen LogP contribution in [0.3, 0.4) is 0 Å². The summed E-state index contributed by atoms with van der Waals surface area (Å²) in [6.45, 7) is 2.08. The molecule has 136 valence electrons. The molecule has 0 atom stereocenters. The van der Waals surface area contributed by atoms with E-state index in [2.05, 4.69) is 35.7 Å². The third-order valence-electron chi connectivity index (χ3n) is 4.90. The van der Waals surface area contributed by atoms with Crippen molar-refractivity contribution in [2.45, 2.75) is 24.1 Å². The van der Waals surface area contributed by atoms with E-state index in [1.807, 2.05) is 47.0 Å². The number of nitriles is 1. The first-order chi connectivity index (χ1) is 13.8. The molecule has 28 heavy (non-hydrogen) atoms. The Morgan fingerprint density at radius 1 is 1.11 bits per heavy atom. The van der Waals surface area contributed by atoms with Crippen LogP contribution in [0.5, 0.6) is 0 Å². The monoisotopic (exact) mass is 383 g/mol. The summed E-state index contributed by atoms with van der Waals surface area (Å²) in [6.07, 6.45) is 4.87. The molecule has 0 amide bonds. The van der Waals surface area contributed by atoms with Gasteiger partial charge in [-0.25, -0.2) is 9.97 Å². The number of aromatic nitrogens is 4. The van der Waals surface area contributed by atoms with Crippen LogP contribution in [0.2, 0.25) is 0 Å². The maximum atomic E-state index is 9.73. The molecule has 1 aromatic carbocycles. The number of hydrogen-bond acceptors (Lipinski definition) is 4. The van der Waals surface area contributed by atoms with Gasteiger partial charge >= 0.3 is 0 Å². The standard InChI is InChI=1S/C22H17N5S/c1-2-15-11-21(28-14-16-13-26-10-6-5-9-20(26)24-16)27-19-8-4-3-7-18(19)25-22(27)17(15)12-23/h3-11,13H,2,14H2,1H3. The second-order valence-electron chi connectivity index (χ2n) is 6.59. The number of fused-ring (bicyclic) bond motifs is 4. The van der Waals surface area contributed by atoms with Crippen LogP contribution in [0, 0.1) is 11.3 Å². The van der Waals surface area contributed by atoms with Crippen LogP contribution in [0.4, 0.5) is 0 Å². The molecule has 0 spiro atoms. The minimum Gasteiger partial charge on any atom is -0.307 e. The van der Waals surface area contributed by atoms with Crippen molar-refractivity contribution in [3.8, 4) is 6.07 Å². The topological polar surface area (TPSA) is 58.4 Å². The number of hydrogen-bond donors (Lipinski definition) is 0. The van der Waals surface area contributed by atoms with Crippen LogP contribution in [-0.2, 0) is 12.2 Å². The summed E-state index contributed by atoms with van der Waals surface area (Å²) >= 11 is 1.72. The smallest absolute Gasteiger partial charge is 0.157 e. The highest BCUT2D eigenvalue weighted by molar-refractivity contribution is 7.98. The number of rotatable bonds is 4. The Bertz CT molecular complexity index is 1340. The summed E-state index contributed by atoms with van der Waals surface area (Å²) < 4.78 is 4.14. The molecule has 0 unspecified atom stereocenters. The van der Waals surface area contributed by atoms with Crippen LogP contribution >= 0.6 is 11.8 Å². The predicted molar refractivity (Wildman–Crippen MR) is 112 cm³/mol. The lowest BCUT2D eigenvalue weighted by Gasteiger charge is -2.10. The predicted octanol–water partition coefficient (Wildman–Crippen LogP) is 4.86. The second kappa shape index (κ2) is 6.70. The molecule has 4 aromatic heterocycles. The molecule has 0 radical (unpaired) electrons. The summed E-state index contributed by atoms with van der Waals surface area (Å²) in [5.41, 5.74) is 6.33. The summed E-state index contributed by atoms with van der Waals surface area (Å²) in [5, 5.41) is 10.8. The molecule has 0 bridgehead atoms. The van der Waals surface area contributed by atoms with Gasteiger partial charge in [0, 0.05) is 18.1 Å². The molecule has 0 fully saturated rings. The Labute approximate surface area is 166 Å². The first kappa shape index (κ1) is 16.8. The molecule has 0 aliphatic carbocycles. The van der Waals surface area contributed by atoms with Crippen molar-refractivity contribution in [2.24, 2.45) is 0 Å². The van der Waals surface area contributed by atoms with Gasteiger partial charge in [0.15, 0.2) is 5.65 Å². The molecular formula is C22H17N5S. The summed E-state index contributed by atoms with van der Waals surface area (Å²) in [7, 11) is 0. The molecule has 4 heterocycles. The highest BCUT2D eigenvalue weighted by atomic mass is 32.2. The number of nitrogens with zero attached hydrogens (tertiary/aromatic N) is 5. The van der Waals surface area contributed by atoms with Gasteiger partial charge in [-0.2, -0.15) is 5.26 Å². The molecule has 6 heteroatoms. The van der Waals surface area contributed by atoms with Gasteiger partial charge in [0.2, 0.25) is 0 Å². The van der Waals surface area contributed by atoms with Crippen molar-refractivity contribution in [1.29, 1.82) is 5.26 Å². The first-order valence-electron chi connectivity index (χ1n) is 9.17. The Kier molecular flexibility index (Phi) is 4.03. The normalized spacial score (nSPS) is 11.4. The fraction of sp³-hybridized carbons (Fsp3) is 0.136. The van der Waals surface area contributed by atoms with Crippen LogP contribution < -0.4 is 0 Å². The highest BCUT2D eigenvalue weighted by Crippen LogP contribution is 2.31. The summed E-state index contributed by atoms with van der Waals surface area (Å²) in [5.74, 6) is 0.748. The van der Waals surface area contributed by atoms with Gasteiger partial charge in [0.25, 0.3) is 0 Å². The van der Waals surface area contributed by atoms with E-state index in [0.717, 1.165) is 50.8 Å². The minimum atomic E-state index is 0.663. The van der Waals surface area contributed by atoms with E-state index in [1.54, 1.807) is 11.8 Å². The summed E-state index contributed by atoms with van der Waals surface area (Å²) in [4.78, 5) is 9.45. The maximum absolute atomic E-state index is 9.73. The van der Waals surface area contributed by atoms with Crippen molar-refractivity contribution < 1.29 is 0 Å². The van der Waals surface area contributed by atoms with Crippen LogP contribution in [-0.4, -0.2) is 18.8 Å². The Morgan fingerprint density at radius 3 is 2.79 bits per heavy atom. The second-order valence-corrected chi connectivity index (χ2v) is 7.59. The lowest BCUT2D eigenvalue weighted by Crippen LogP contribution is -1.99. The fourth-order valence-corrected chi connectivity index (χ4v) is 4.53. The zero-order chi connectivity index (χ0) is 19.1. The number of imidazole rings is 2. The van der Waals surface area contributed by atoms with Gasteiger partial charge in [0.05, 0.1) is 27.3 Å². The van der Waals surface area contributed by atoms with Gasteiger partial charge in [0.1, 0.15) is 11.7 Å². The van der Waals surface area contributed by atoms with Gasteiger partial charge in [-0.3, -0.25) is 4.40 Å². The molecule has 5 nitrogen and oxygen atoms in total. The van der Waals surface area contributed by atoms with Gasteiger partial charge < -0.3 is 4.40 Å². The van der Waals surface area contributed by atoms with E-state index in [0.29, 0.717) is 5.56 Å². The first-order valence-corrected chi connectivity index (χ1v) is 10.2. The Hall–Kier alpha value is -3.30. The van der Waals surface area contributed by atoms with Crippen molar-refractivity contribution in [1.82, 2.24) is 18.8 Å². The van der Waals surface area contributed by atoms with E-state index >= 15 is 0 Å². The van der Waals surface area contributed by atoms with Gasteiger partial charge in [-0.1, -0.05) is 25.1 Å². The number of thioether (sulfide) groups is 1. The molecule has 0 saturated heterocycles. The van der Waals surface area contributed by atoms with Crippen molar-refractivity contribution in [2.75, 3.05) is 0 Å². The molecule has 0 N–H and O–H groups in total. The maximum Gasteiger partial charge on any atom is 0.157 e. The van der Waals surface area contributed by atoms with Gasteiger partial charge in [-0.05, 0) is 42.3 Å². The number of pyridine rings is 2. The molecule has 0 aliphatic heterocycles. The summed E-state index contributed by atoms with van der Waals surface area (Å²) in [6, 6.07) is 18.5. The van der Waals surface area contributed by atoms with E-state index in [1.165, 1.54) is 0 Å². The average molecular weight is 383 g/mol. The average Bonchev–Trinajstić information content (AvgIpc) is 3.32. The fourth-order valence-electron chi connectivity index (χ4n) is 3.56. The van der Waals surface area contributed by atoms with Crippen molar-refractivity contribution in [3.63, 3.8) is 0 Å². The zero-order valence-corrected chi connectivity index (χ0v) is 16.1. The Balaban J connectivity index is 1.64. The molecule has 5 aromatic rings. The molecule has 0 saturated carbocycles. The van der Waals surface area contributed by atoms with Crippen molar-refractivity contribution in [3.05, 3.63) is 77.7 Å². The number of benzene rings is 1. The van der Waals surface area contributed by atoms with Crippen LogP contribution in [0.1, 0.15) is 23.7 Å². The van der Waals surface area contributed by atoms with E-state index in [-0.39, 0.29) is 0 Å². The number of aryl methyl sites for hydroxylation is 1. The Morgan fingerprint density at radius 2 is 1.96 bits per heavy atom. The van der Waals surface area contributed by atoms with E-state index < -0.39 is 0 Å². The SMILES string of the molecule is CCc1cc(SCc2cn3ccccc3n2)n2c(nc3ccccc32)c1C#N. The van der Waals surface area contributed by atoms with Crippen LogP contribution in [0.15, 0.2) is 66.0 Å². The minimum absolute atomic E-state index is 0.663. The van der Waals surface area contributed by atoms with E-state index in [4.69, 9.17) is 9.97 Å². The van der Waals surface area contributed by atoms with Crippen molar-refractivity contribution >= 4 is 34.1 Å². The molecular weight excluding hydrogens is 366 g/mol. The molecule has 0 aliphatic rings. The third-order valence-corrected chi connectivity index (χ3v) is 5.93. The largest absolute Gasteiger partial charge is 0.307 e. The van der Waals surface area contributed by atoms with E-state index in [9.17, 15) is 5.26 Å². The van der Waals surface area contributed by atoms with Gasteiger partial charge in [-0.15, -0.1) is 11.8 Å². The zero-order valence-electron chi connectivity index (χ0n) is 15.3.